The van der Waals surface area contributed by atoms with Gasteiger partial charge in [0.25, 0.3) is 0 Å². The van der Waals surface area contributed by atoms with E-state index in [1.54, 1.807) is 0 Å². The zero-order chi connectivity index (χ0) is 15.1. The van der Waals surface area contributed by atoms with E-state index in [0.717, 1.165) is 35.1 Å². The minimum absolute atomic E-state index is 0.659. The largest absolute Gasteiger partial charge is 0.494 e. The first-order valence-corrected chi connectivity index (χ1v) is 7.73. The van der Waals surface area contributed by atoms with Crippen LogP contribution in [0.2, 0.25) is 5.02 Å². The van der Waals surface area contributed by atoms with Crippen molar-refractivity contribution in [1.82, 2.24) is 0 Å². The lowest BCUT2D eigenvalue weighted by molar-refractivity contribution is 0.289. The van der Waals surface area contributed by atoms with Crippen LogP contribution in [0.15, 0.2) is 48.5 Å². The van der Waals surface area contributed by atoms with Crippen LogP contribution in [0, 0.1) is 5.92 Å². The summed E-state index contributed by atoms with van der Waals surface area (Å²) in [5.41, 5.74) is 2.13. The summed E-state index contributed by atoms with van der Waals surface area (Å²) < 4.78 is 5.77. The molecule has 3 heteroatoms. The van der Waals surface area contributed by atoms with Gasteiger partial charge in [0, 0.05) is 23.3 Å². The Hall–Kier alpha value is -1.67. The van der Waals surface area contributed by atoms with Gasteiger partial charge in [-0.15, -0.1) is 0 Å². The third-order valence-corrected chi connectivity index (χ3v) is 3.61. The molecule has 0 atom stereocenters. The summed E-state index contributed by atoms with van der Waals surface area (Å²) in [5, 5.41) is 4.16. The Labute approximate surface area is 132 Å². The van der Waals surface area contributed by atoms with E-state index < -0.39 is 0 Å². The van der Waals surface area contributed by atoms with Crippen LogP contribution in [0.1, 0.15) is 25.8 Å². The first-order valence-electron chi connectivity index (χ1n) is 7.35. The van der Waals surface area contributed by atoms with Gasteiger partial charge < -0.3 is 10.1 Å². The van der Waals surface area contributed by atoms with Crippen LogP contribution in [-0.2, 0) is 6.54 Å². The van der Waals surface area contributed by atoms with Gasteiger partial charge >= 0.3 is 0 Å². The summed E-state index contributed by atoms with van der Waals surface area (Å²) in [6.07, 6.45) is 1.07. The number of ether oxygens (including phenoxy) is 1. The Morgan fingerprint density at radius 2 is 1.90 bits per heavy atom. The van der Waals surface area contributed by atoms with E-state index in [9.17, 15) is 0 Å². The van der Waals surface area contributed by atoms with Gasteiger partial charge in [0.05, 0.1) is 6.61 Å². The molecule has 0 fully saturated rings. The Kier molecular flexibility index (Phi) is 5.94. The molecule has 0 amide bonds. The van der Waals surface area contributed by atoms with E-state index in [1.165, 1.54) is 0 Å². The summed E-state index contributed by atoms with van der Waals surface area (Å²) in [7, 11) is 0. The molecule has 0 saturated carbocycles. The van der Waals surface area contributed by atoms with E-state index in [2.05, 4.69) is 19.2 Å². The highest BCUT2D eigenvalue weighted by molar-refractivity contribution is 6.31. The highest BCUT2D eigenvalue weighted by atomic mass is 35.5. The molecule has 2 aromatic rings. The fourth-order valence-corrected chi connectivity index (χ4v) is 2.15. The number of hydrogen-bond donors (Lipinski definition) is 1. The van der Waals surface area contributed by atoms with Crippen molar-refractivity contribution in [1.29, 1.82) is 0 Å². The molecule has 1 N–H and O–H groups in total. The fourth-order valence-electron chi connectivity index (χ4n) is 1.95. The Morgan fingerprint density at radius 1 is 1.10 bits per heavy atom. The van der Waals surface area contributed by atoms with Crippen LogP contribution >= 0.6 is 11.6 Å². The average Bonchev–Trinajstić information content (AvgIpc) is 2.46. The van der Waals surface area contributed by atoms with E-state index in [4.69, 9.17) is 16.3 Å². The monoisotopic (exact) mass is 303 g/mol. The average molecular weight is 304 g/mol. The molecule has 0 aliphatic rings. The van der Waals surface area contributed by atoms with Crippen LogP contribution in [0.3, 0.4) is 0 Å². The SMILES string of the molecule is CC(C)CCOc1cccc(NCc2ccccc2Cl)c1. The summed E-state index contributed by atoms with van der Waals surface area (Å²) in [4.78, 5) is 0. The van der Waals surface area contributed by atoms with Gasteiger partial charge in [-0.05, 0) is 36.1 Å². The molecule has 0 radical (unpaired) electrons. The van der Waals surface area contributed by atoms with Crippen molar-refractivity contribution in [3.05, 3.63) is 59.1 Å². The maximum atomic E-state index is 6.16. The number of halogens is 1. The van der Waals surface area contributed by atoms with Crippen molar-refractivity contribution >= 4 is 17.3 Å². The summed E-state index contributed by atoms with van der Waals surface area (Å²) >= 11 is 6.16. The molecule has 2 rings (SSSR count). The highest BCUT2D eigenvalue weighted by Crippen LogP contribution is 2.20. The minimum atomic E-state index is 0.659. The first-order chi connectivity index (χ1) is 10.1. The smallest absolute Gasteiger partial charge is 0.121 e. The molecule has 0 spiro atoms. The van der Waals surface area contributed by atoms with Gasteiger partial charge in [0.15, 0.2) is 0 Å². The zero-order valence-corrected chi connectivity index (χ0v) is 13.4. The maximum absolute atomic E-state index is 6.16. The van der Waals surface area contributed by atoms with Crippen molar-refractivity contribution < 1.29 is 4.74 Å². The van der Waals surface area contributed by atoms with Crippen molar-refractivity contribution in [3.8, 4) is 5.75 Å². The number of nitrogens with one attached hydrogen (secondary N) is 1. The second-order valence-electron chi connectivity index (χ2n) is 5.50. The summed E-state index contributed by atoms with van der Waals surface area (Å²) in [5.74, 6) is 1.56. The topological polar surface area (TPSA) is 21.3 Å². The molecule has 0 saturated heterocycles. The maximum Gasteiger partial charge on any atom is 0.121 e. The third kappa shape index (κ3) is 5.31. The van der Waals surface area contributed by atoms with E-state index in [1.807, 2.05) is 48.5 Å². The van der Waals surface area contributed by atoms with E-state index >= 15 is 0 Å². The quantitative estimate of drug-likeness (QED) is 0.741. The predicted molar refractivity (Wildman–Crippen MR) is 90.2 cm³/mol. The Balaban J connectivity index is 1.90. The van der Waals surface area contributed by atoms with Crippen molar-refractivity contribution in [2.45, 2.75) is 26.8 Å². The van der Waals surface area contributed by atoms with Gasteiger partial charge in [-0.2, -0.15) is 0 Å². The lowest BCUT2D eigenvalue weighted by atomic mass is 10.1. The van der Waals surface area contributed by atoms with Gasteiger partial charge in [0.2, 0.25) is 0 Å². The minimum Gasteiger partial charge on any atom is -0.494 e. The van der Waals surface area contributed by atoms with E-state index in [-0.39, 0.29) is 0 Å². The summed E-state index contributed by atoms with van der Waals surface area (Å²) in [6.45, 7) is 5.86. The predicted octanol–water partition coefficient (Wildman–Crippen LogP) is 5.38. The molecule has 112 valence electrons. The van der Waals surface area contributed by atoms with Gasteiger partial charge in [-0.1, -0.05) is 49.7 Å². The molecular weight excluding hydrogens is 282 g/mol. The van der Waals surface area contributed by atoms with Crippen molar-refractivity contribution in [3.63, 3.8) is 0 Å². The molecule has 0 aliphatic heterocycles. The van der Waals surface area contributed by atoms with Crippen LogP contribution in [0.25, 0.3) is 0 Å². The van der Waals surface area contributed by atoms with Crippen LogP contribution in [-0.4, -0.2) is 6.61 Å². The second-order valence-corrected chi connectivity index (χ2v) is 5.91. The Bertz CT molecular complexity index is 569. The van der Waals surface area contributed by atoms with Crippen LogP contribution < -0.4 is 10.1 Å². The molecule has 2 aromatic carbocycles. The first kappa shape index (κ1) is 15.7. The van der Waals surface area contributed by atoms with Crippen LogP contribution in [0.5, 0.6) is 5.75 Å². The molecule has 0 aliphatic carbocycles. The third-order valence-electron chi connectivity index (χ3n) is 3.24. The molecule has 2 nitrogen and oxygen atoms in total. The Morgan fingerprint density at radius 3 is 2.67 bits per heavy atom. The van der Waals surface area contributed by atoms with Crippen molar-refractivity contribution in [2.75, 3.05) is 11.9 Å². The van der Waals surface area contributed by atoms with Crippen LogP contribution in [0.4, 0.5) is 5.69 Å². The fraction of sp³-hybridized carbons (Fsp3) is 0.333. The molecule has 0 heterocycles. The molecular formula is C18H22ClNO. The molecule has 0 aromatic heterocycles. The lowest BCUT2D eigenvalue weighted by Gasteiger charge is -2.11. The van der Waals surface area contributed by atoms with Gasteiger partial charge in [-0.25, -0.2) is 0 Å². The highest BCUT2D eigenvalue weighted by Gasteiger charge is 2.01. The zero-order valence-electron chi connectivity index (χ0n) is 12.6. The second kappa shape index (κ2) is 7.94. The van der Waals surface area contributed by atoms with Gasteiger partial charge in [0.1, 0.15) is 5.75 Å². The number of rotatable bonds is 7. The molecule has 0 unspecified atom stereocenters. The lowest BCUT2D eigenvalue weighted by Crippen LogP contribution is -2.03. The number of anilines is 1. The molecule has 21 heavy (non-hydrogen) atoms. The van der Waals surface area contributed by atoms with Crippen molar-refractivity contribution in [2.24, 2.45) is 5.92 Å². The standard InChI is InChI=1S/C18H22ClNO/c1-14(2)10-11-21-17-8-5-7-16(12-17)20-13-15-6-3-4-9-18(15)19/h3-9,12,14,20H,10-11,13H2,1-2H3. The summed E-state index contributed by atoms with van der Waals surface area (Å²) in [6, 6.07) is 15.9. The number of benzene rings is 2. The number of hydrogen-bond acceptors (Lipinski definition) is 2. The normalized spacial score (nSPS) is 10.7. The van der Waals surface area contributed by atoms with Gasteiger partial charge in [-0.3, -0.25) is 0 Å². The molecule has 0 bridgehead atoms. The van der Waals surface area contributed by atoms with E-state index in [0.29, 0.717) is 12.5 Å².